The lowest BCUT2D eigenvalue weighted by Crippen LogP contribution is -2.27. The van der Waals surface area contributed by atoms with E-state index in [9.17, 15) is 4.79 Å². The number of carbonyl (C=O) groups is 1. The average Bonchev–Trinajstić information content (AvgIpc) is 2.98. The summed E-state index contributed by atoms with van der Waals surface area (Å²) in [6.07, 6.45) is 2.91. The van der Waals surface area contributed by atoms with Crippen molar-refractivity contribution in [1.82, 2.24) is 5.06 Å². The van der Waals surface area contributed by atoms with E-state index in [4.69, 9.17) is 9.25 Å². The van der Waals surface area contributed by atoms with Crippen LogP contribution in [0, 0.1) is 6.92 Å². The third-order valence-corrected chi connectivity index (χ3v) is 3.18. The summed E-state index contributed by atoms with van der Waals surface area (Å²) in [6.45, 7) is 3.34. The smallest absolute Gasteiger partial charge is 0.250 e. The predicted molar refractivity (Wildman–Crippen MR) is 66.9 cm³/mol. The van der Waals surface area contributed by atoms with Crippen LogP contribution < -0.4 is 0 Å². The molecule has 1 amide bonds. The third-order valence-electron chi connectivity index (χ3n) is 3.18. The summed E-state index contributed by atoms with van der Waals surface area (Å²) < 4.78 is 5.48. The molecule has 0 radical (unpaired) electrons. The maximum atomic E-state index is 12.0. The number of rotatable bonds is 2. The molecule has 0 unspecified atom stereocenters. The highest BCUT2D eigenvalue weighted by molar-refractivity contribution is 5.87. The second-order valence-corrected chi connectivity index (χ2v) is 4.62. The van der Waals surface area contributed by atoms with Crippen LogP contribution in [0.15, 0.2) is 28.9 Å². The van der Waals surface area contributed by atoms with Crippen LogP contribution in [-0.4, -0.2) is 24.1 Å². The Hall–Kier alpha value is -1.81. The molecule has 0 bridgehead atoms. The van der Waals surface area contributed by atoms with Crippen LogP contribution in [0.25, 0.3) is 11.0 Å². The van der Waals surface area contributed by atoms with Gasteiger partial charge >= 0.3 is 0 Å². The second-order valence-electron chi connectivity index (χ2n) is 4.62. The van der Waals surface area contributed by atoms with Gasteiger partial charge in [-0.1, -0.05) is 12.1 Å². The molecule has 0 atom stereocenters. The maximum Gasteiger partial charge on any atom is 0.250 e. The summed E-state index contributed by atoms with van der Waals surface area (Å²) in [4.78, 5) is 17.2. The van der Waals surface area contributed by atoms with Crippen molar-refractivity contribution >= 4 is 16.9 Å². The summed E-state index contributed by atoms with van der Waals surface area (Å²) in [5, 5.41) is 2.46. The van der Waals surface area contributed by atoms with Gasteiger partial charge in [0, 0.05) is 10.9 Å². The molecule has 1 aromatic carbocycles. The second kappa shape index (κ2) is 4.46. The molecule has 0 N–H and O–H groups in total. The molecule has 94 valence electrons. The van der Waals surface area contributed by atoms with Crippen LogP contribution in [0.2, 0.25) is 0 Å². The van der Waals surface area contributed by atoms with Gasteiger partial charge in [-0.15, -0.1) is 0 Å². The zero-order chi connectivity index (χ0) is 12.5. The normalized spacial score (nSPS) is 15.5. The molecule has 3 rings (SSSR count). The average molecular weight is 245 g/mol. The summed E-state index contributed by atoms with van der Waals surface area (Å²) in [5.41, 5.74) is 2.91. The Morgan fingerprint density at radius 2 is 2.33 bits per heavy atom. The number of furan rings is 1. The van der Waals surface area contributed by atoms with Gasteiger partial charge in [0.05, 0.1) is 25.8 Å². The number of benzene rings is 1. The van der Waals surface area contributed by atoms with Crippen LogP contribution >= 0.6 is 0 Å². The number of fused-ring (bicyclic) bond motifs is 1. The molecule has 4 nitrogen and oxygen atoms in total. The summed E-state index contributed by atoms with van der Waals surface area (Å²) in [7, 11) is 0. The highest BCUT2D eigenvalue weighted by atomic mass is 16.7. The summed E-state index contributed by atoms with van der Waals surface area (Å²) >= 11 is 0. The van der Waals surface area contributed by atoms with E-state index in [2.05, 4.69) is 0 Å². The number of hydroxylamine groups is 2. The van der Waals surface area contributed by atoms with E-state index in [-0.39, 0.29) is 5.91 Å². The quantitative estimate of drug-likeness (QED) is 0.816. The topological polar surface area (TPSA) is 42.7 Å². The van der Waals surface area contributed by atoms with Crippen molar-refractivity contribution in [3.05, 3.63) is 35.6 Å². The lowest BCUT2D eigenvalue weighted by Gasteiger charge is -2.12. The molecule has 1 aliphatic heterocycles. The molecule has 1 aromatic heterocycles. The van der Waals surface area contributed by atoms with Gasteiger partial charge in [-0.2, -0.15) is 0 Å². The standard InChI is InChI=1S/C14H15NO3/c1-10-3-4-12-11(9-17-13(12)7-10)8-14(16)15-5-2-6-18-15/h3-4,7,9H,2,5-6,8H2,1H3. The van der Waals surface area contributed by atoms with Gasteiger partial charge in [-0.25, -0.2) is 5.06 Å². The van der Waals surface area contributed by atoms with Crippen LogP contribution in [0.3, 0.4) is 0 Å². The number of carbonyl (C=O) groups excluding carboxylic acids is 1. The Kier molecular flexibility index (Phi) is 2.80. The first-order chi connectivity index (χ1) is 8.74. The maximum absolute atomic E-state index is 12.0. The highest BCUT2D eigenvalue weighted by Gasteiger charge is 2.20. The number of hydrogen-bond donors (Lipinski definition) is 0. The Bertz CT molecular complexity index is 582. The van der Waals surface area contributed by atoms with Crippen molar-refractivity contribution in [2.75, 3.05) is 13.2 Å². The molecule has 18 heavy (non-hydrogen) atoms. The predicted octanol–water partition coefficient (Wildman–Crippen LogP) is 2.45. The lowest BCUT2D eigenvalue weighted by molar-refractivity contribution is -0.167. The Morgan fingerprint density at radius 3 is 3.11 bits per heavy atom. The van der Waals surface area contributed by atoms with E-state index < -0.39 is 0 Å². The minimum atomic E-state index is -0.00391. The molecule has 0 saturated carbocycles. The van der Waals surface area contributed by atoms with Crippen molar-refractivity contribution in [3.8, 4) is 0 Å². The highest BCUT2D eigenvalue weighted by Crippen LogP contribution is 2.23. The van der Waals surface area contributed by atoms with E-state index in [0.717, 1.165) is 28.5 Å². The van der Waals surface area contributed by atoms with Crippen LogP contribution in [0.1, 0.15) is 17.5 Å². The first-order valence-electron chi connectivity index (χ1n) is 6.14. The van der Waals surface area contributed by atoms with Gasteiger partial charge in [-0.05, 0) is 25.0 Å². The SMILES string of the molecule is Cc1ccc2c(CC(=O)N3CCCO3)coc2c1. The molecule has 0 aliphatic carbocycles. The van der Waals surface area contributed by atoms with Crippen molar-refractivity contribution in [2.24, 2.45) is 0 Å². The first-order valence-corrected chi connectivity index (χ1v) is 6.14. The van der Waals surface area contributed by atoms with Crippen molar-refractivity contribution in [2.45, 2.75) is 19.8 Å². The minimum absolute atomic E-state index is 0.00391. The molecular weight excluding hydrogens is 230 g/mol. The van der Waals surface area contributed by atoms with Gasteiger partial charge in [0.1, 0.15) is 5.58 Å². The van der Waals surface area contributed by atoms with E-state index in [1.54, 1.807) is 6.26 Å². The number of hydrogen-bond acceptors (Lipinski definition) is 3. The zero-order valence-electron chi connectivity index (χ0n) is 10.3. The zero-order valence-corrected chi connectivity index (χ0v) is 10.3. The molecule has 0 spiro atoms. The van der Waals surface area contributed by atoms with Gasteiger partial charge in [0.25, 0.3) is 5.91 Å². The monoisotopic (exact) mass is 245 g/mol. The molecule has 4 heteroatoms. The summed E-state index contributed by atoms with van der Waals surface area (Å²) in [5.74, 6) is -0.00391. The molecule has 1 aliphatic rings. The van der Waals surface area contributed by atoms with Gasteiger partial charge in [-0.3, -0.25) is 9.63 Å². The van der Waals surface area contributed by atoms with Crippen molar-refractivity contribution < 1.29 is 14.0 Å². The lowest BCUT2D eigenvalue weighted by atomic mass is 10.1. The fourth-order valence-electron chi connectivity index (χ4n) is 2.22. The van der Waals surface area contributed by atoms with Crippen LogP contribution in [-0.2, 0) is 16.1 Å². The Morgan fingerprint density at radius 1 is 1.44 bits per heavy atom. The van der Waals surface area contributed by atoms with E-state index in [0.29, 0.717) is 19.6 Å². The molecule has 1 saturated heterocycles. The number of amides is 1. The van der Waals surface area contributed by atoms with E-state index >= 15 is 0 Å². The largest absolute Gasteiger partial charge is 0.464 e. The van der Waals surface area contributed by atoms with Gasteiger partial charge < -0.3 is 4.42 Å². The Balaban J connectivity index is 1.84. The fourth-order valence-corrected chi connectivity index (χ4v) is 2.22. The minimum Gasteiger partial charge on any atom is -0.464 e. The third kappa shape index (κ3) is 1.99. The summed E-state index contributed by atoms with van der Waals surface area (Å²) in [6, 6.07) is 6.01. The number of aryl methyl sites for hydroxylation is 1. The molecule has 1 fully saturated rings. The van der Waals surface area contributed by atoms with Crippen molar-refractivity contribution in [3.63, 3.8) is 0 Å². The molecule has 2 aromatic rings. The fraction of sp³-hybridized carbons (Fsp3) is 0.357. The molecule has 2 heterocycles. The van der Waals surface area contributed by atoms with Crippen molar-refractivity contribution in [1.29, 1.82) is 0 Å². The van der Waals surface area contributed by atoms with Crippen LogP contribution in [0.5, 0.6) is 0 Å². The Labute approximate surface area is 105 Å². The van der Waals surface area contributed by atoms with Gasteiger partial charge in [0.15, 0.2) is 0 Å². The van der Waals surface area contributed by atoms with Crippen LogP contribution in [0.4, 0.5) is 0 Å². The van der Waals surface area contributed by atoms with Gasteiger partial charge in [0.2, 0.25) is 0 Å². The van der Waals surface area contributed by atoms with E-state index in [1.165, 1.54) is 5.06 Å². The first kappa shape index (κ1) is 11.3. The molecular formula is C14H15NO3. The van der Waals surface area contributed by atoms with E-state index in [1.807, 2.05) is 25.1 Å². The number of nitrogens with zero attached hydrogens (tertiary/aromatic N) is 1.